The fraction of sp³-hybridized carbons (Fsp3) is 1.00. The Labute approximate surface area is 99.5 Å². The van der Waals surface area contributed by atoms with Gasteiger partial charge in [0.05, 0.1) is 6.61 Å². The normalized spacial score (nSPS) is 36.2. The molecule has 2 aliphatic rings. The minimum atomic E-state index is 0.254. The van der Waals surface area contributed by atoms with Crippen LogP contribution in [0.3, 0.4) is 0 Å². The maximum Gasteiger partial charge on any atom is 0.0507 e. The molecule has 0 radical (unpaired) electrons. The molecule has 0 aliphatic carbocycles. The van der Waals surface area contributed by atoms with E-state index in [0.29, 0.717) is 6.04 Å². The molecule has 0 aromatic carbocycles. The van der Waals surface area contributed by atoms with Gasteiger partial charge >= 0.3 is 0 Å². The quantitative estimate of drug-likeness (QED) is 0.772. The molecule has 2 unspecified atom stereocenters. The van der Waals surface area contributed by atoms with Crippen molar-refractivity contribution in [1.82, 2.24) is 10.2 Å². The first kappa shape index (κ1) is 12.3. The molecule has 2 fully saturated rings. The molecule has 0 amide bonds. The van der Waals surface area contributed by atoms with E-state index < -0.39 is 0 Å². The van der Waals surface area contributed by atoms with E-state index in [2.05, 4.69) is 31.0 Å². The van der Waals surface area contributed by atoms with Gasteiger partial charge in [0.15, 0.2) is 0 Å². The Morgan fingerprint density at radius 2 is 2.19 bits per heavy atom. The van der Waals surface area contributed by atoms with Gasteiger partial charge in [-0.15, -0.1) is 0 Å². The third-order valence-corrected chi connectivity index (χ3v) is 3.90. The van der Waals surface area contributed by atoms with Crippen LogP contribution in [0.4, 0.5) is 0 Å². The van der Waals surface area contributed by atoms with Gasteiger partial charge in [-0.1, -0.05) is 0 Å². The molecule has 2 atom stereocenters. The minimum Gasteiger partial charge on any atom is -0.381 e. The highest BCUT2D eigenvalue weighted by molar-refractivity contribution is 4.88. The smallest absolute Gasteiger partial charge is 0.0507 e. The second kappa shape index (κ2) is 5.03. The van der Waals surface area contributed by atoms with Crippen LogP contribution < -0.4 is 5.32 Å². The van der Waals surface area contributed by atoms with E-state index in [1.165, 1.54) is 19.4 Å². The van der Waals surface area contributed by atoms with Crippen LogP contribution in [0, 0.1) is 5.92 Å². The highest BCUT2D eigenvalue weighted by Crippen LogP contribution is 2.20. The standard InChI is InChI=1S/C13H26N2O/c1-11-4-6-14-13(2,3)10-15(11)8-12-5-7-16-9-12/h11-12,14H,4-10H2,1-3H3. The van der Waals surface area contributed by atoms with Crippen molar-refractivity contribution < 1.29 is 4.74 Å². The molecule has 3 nitrogen and oxygen atoms in total. The summed E-state index contributed by atoms with van der Waals surface area (Å²) in [6.45, 7) is 12.4. The number of nitrogens with zero attached hydrogens (tertiary/aromatic N) is 1. The largest absolute Gasteiger partial charge is 0.381 e. The number of hydrogen-bond acceptors (Lipinski definition) is 3. The summed E-state index contributed by atoms with van der Waals surface area (Å²) in [5.74, 6) is 0.761. The van der Waals surface area contributed by atoms with Crippen molar-refractivity contribution in [2.45, 2.75) is 45.2 Å². The predicted molar refractivity (Wildman–Crippen MR) is 66.7 cm³/mol. The van der Waals surface area contributed by atoms with Crippen molar-refractivity contribution in [3.63, 3.8) is 0 Å². The van der Waals surface area contributed by atoms with Crippen molar-refractivity contribution in [1.29, 1.82) is 0 Å². The zero-order chi connectivity index (χ0) is 11.6. The Hall–Kier alpha value is -0.120. The first-order chi connectivity index (χ1) is 7.57. The van der Waals surface area contributed by atoms with Gasteiger partial charge in [-0.2, -0.15) is 0 Å². The van der Waals surface area contributed by atoms with Crippen LogP contribution in [0.2, 0.25) is 0 Å². The zero-order valence-corrected chi connectivity index (χ0v) is 11.0. The van der Waals surface area contributed by atoms with Crippen molar-refractivity contribution in [3.05, 3.63) is 0 Å². The highest BCUT2D eigenvalue weighted by Gasteiger charge is 2.30. The monoisotopic (exact) mass is 226 g/mol. The lowest BCUT2D eigenvalue weighted by atomic mass is 10.0. The van der Waals surface area contributed by atoms with Gasteiger partial charge in [0.2, 0.25) is 0 Å². The van der Waals surface area contributed by atoms with Crippen LogP contribution in [0.15, 0.2) is 0 Å². The molecule has 0 saturated carbocycles. The van der Waals surface area contributed by atoms with Crippen LogP contribution in [-0.2, 0) is 4.74 Å². The fourth-order valence-corrected chi connectivity index (χ4v) is 2.82. The number of rotatable bonds is 2. The molecule has 2 heterocycles. The first-order valence-electron chi connectivity index (χ1n) is 6.64. The van der Waals surface area contributed by atoms with Crippen molar-refractivity contribution >= 4 is 0 Å². The topological polar surface area (TPSA) is 24.5 Å². The van der Waals surface area contributed by atoms with E-state index in [4.69, 9.17) is 4.74 Å². The van der Waals surface area contributed by atoms with E-state index in [1.54, 1.807) is 0 Å². The zero-order valence-electron chi connectivity index (χ0n) is 11.0. The van der Waals surface area contributed by atoms with Crippen molar-refractivity contribution in [2.24, 2.45) is 5.92 Å². The summed E-state index contributed by atoms with van der Waals surface area (Å²) in [4.78, 5) is 2.65. The third-order valence-electron chi connectivity index (χ3n) is 3.90. The summed E-state index contributed by atoms with van der Waals surface area (Å²) in [6.07, 6.45) is 2.51. The molecule has 0 bridgehead atoms. The lowest BCUT2D eigenvalue weighted by molar-refractivity contribution is 0.135. The molecule has 94 valence electrons. The van der Waals surface area contributed by atoms with E-state index in [-0.39, 0.29) is 5.54 Å². The van der Waals surface area contributed by atoms with Gasteiger partial charge in [0, 0.05) is 31.3 Å². The Morgan fingerprint density at radius 3 is 2.88 bits per heavy atom. The molecular formula is C13H26N2O. The Balaban J connectivity index is 1.93. The molecule has 3 heteroatoms. The second-order valence-electron chi connectivity index (χ2n) is 6.11. The predicted octanol–water partition coefficient (Wildman–Crippen LogP) is 1.49. The van der Waals surface area contributed by atoms with Crippen LogP contribution in [0.5, 0.6) is 0 Å². The van der Waals surface area contributed by atoms with Gasteiger partial charge in [-0.05, 0) is 46.1 Å². The van der Waals surface area contributed by atoms with Crippen LogP contribution in [-0.4, -0.2) is 49.3 Å². The summed E-state index contributed by atoms with van der Waals surface area (Å²) < 4.78 is 5.47. The lowest BCUT2D eigenvalue weighted by Gasteiger charge is -2.34. The minimum absolute atomic E-state index is 0.254. The molecule has 2 rings (SSSR count). The molecule has 0 aromatic heterocycles. The van der Waals surface area contributed by atoms with Gasteiger partial charge in [0.1, 0.15) is 0 Å². The second-order valence-corrected chi connectivity index (χ2v) is 6.11. The van der Waals surface area contributed by atoms with Crippen LogP contribution >= 0.6 is 0 Å². The summed E-state index contributed by atoms with van der Waals surface area (Å²) in [6, 6.07) is 0.704. The lowest BCUT2D eigenvalue weighted by Crippen LogP contribution is -2.48. The van der Waals surface area contributed by atoms with Gasteiger partial charge in [-0.25, -0.2) is 0 Å². The maximum absolute atomic E-state index is 5.47. The SMILES string of the molecule is CC1CCNC(C)(C)CN1CC1CCOC1. The van der Waals surface area contributed by atoms with Gasteiger partial charge in [0.25, 0.3) is 0 Å². The Kier molecular flexibility index (Phi) is 3.88. The summed E-state index contributed by atoms with van der Waals surface area (Å²) in [5, 5.41) is 3.63. The fourth-order valence-electron chi connectivity index (χ4n) is 2.82. The van der Waals surface area contributed by atoms with Crippen LogP contribution in [0.1, 0.15) is 33.6 Å². The molecule has 2 aliphatic heterocycles. The van der Waals surface area contributed by atoms with E-state index in [9.17, 15) is 0 Å². The van der Waals surface area contributed by atoms with E-state index in [0.717, 1.165) is 32.2 Å². The summed E-state index contributed by atoms with van der Waals surface area (Å²) >= 11 is 0. The molecular weight excluding hydrogens is 200 g/mol. The Bertz CT molecular complexity index is 224. The third kappa shape index (κ3) is 3.19. The molecule has 0 spiro atoms. The molecule has 0 aromatic rings. The highest BCUT2D eigenvalue weighted by atomic mass is 16.5. The summed E-state index contributed by atoms with van der Waals surface area (Å²) in [5.41, 5.74) is 0.254. The van der Waals surface area contributed by atoms with Crippen LogP contribution in [0.25, 0.3) is 0 Å². The first-order valence-corrected chi connectivity index (χ1v) is 6.64. The number of hydrogen-bond donors (Lipinski definition) is 1. The number of nitrogens with one attached hydrogen (secondary N) is 1. The maximum atomic E-state index is 5.47. The Morgan fingerprint density at radius 1 is 1.38 bits per heavy atom. The van der Waals surface area contributed by atoms with Crippen molar-refractivity contribution in [2.75, 3.05) is 32.8 Å². The van der Waals surface area contributed by atoms with E-state index in [1.807, 2.05) is 0 Å². The van der Waals surface area contributed by atoms with E-state index >= 15 is 0 Å². The average Bonchev–Trinajstić information content (AvgIpc) is 2.64. The average molecular weight is 226 g/mol. The van der Waals surface area contributed by atoms with Gasteiger partial charge < -0.3 is 10.1 Å². The van der Waals surface area contributed by atoms with Gasteiger partial charge in [-0.3, -0.25) is 4.90 Å². The molecule has 2 saturated heterocycles. The molecule has 16 heavy (non-hydrogen) atoms. The summed E-state index contributed by atoms with van der Waals surface area (Å²) in [7, 11) is 0. The van der Waals surface area contributed by atoms with Crippen molar-refractivity contribution in [3.8, 4) is 0 Å². The molecule has 1 N–H and O–H groups in total. The number of ether oxygens (including phenoxy) is 1.